The van der Waals surface area contributed by atoms with Crippen LogP contribution in [0.4, 0.5) is 5.82 Å². The summed E-state index contributed by atoms with van der Waals surface area (Å²) in [7, 11) is -2.06. The third-order valence-corrected chi connectivity index (χ3v) is 3.87. The Morgan fingerprint density at radius 2 is 2.28 bits per heavy atom. The summed E-state index contributed by atoms with van der Waals surface area (Å²) in [4.78, 5) is 0. The lowest BCUT2D eigenvalue weighted by atomic mass is 10.2. The molecule has 18 heavy (non-hydrogen) atoms. The van der Waals surface area contributed by atoms with E-state index in [2.05, 4.69) is 20.0 Å². The van der Waals surface area contributed by atoms with Crippen molar-refractivity contribution in [2.75, 3.05) is 4.72 Å². The van der Waals surface area contributed by atoms with Crippen molar-refractivity contribution in [1.82, 2.24) is 20.0 Å². The molecule has 0 bridgehead atoms. The fourth-order valence-electron chi connectivity index (χ4n) is 1.63. The summed E-state index contributed by atoms with van der Waals surface area (Å²) >= 11 is 0. The van der Waals surface area contributed by atoms with Gasteiger partial charge in [-0.25, -0.2) is 0 Å². The largest absolute Gasteiger partial charge is 0.280 e. The summed E-state index contributed by atoms with van der Waals surface area (Å²) in [5.74, 6) is 0.291. The maximum atomic E-state index is 12.0. The van der Waals surface area contributed by atoms with Gasteiger partial charge in [-0.05, 0) is 12.5 Å². The van der Waals surface area contributed by atoms with Gasteiger partial charge < -0.3 is 0 Å². The number of hydrogen-bond donors (Lipinski definition) is 2. The first-order valence-electron chi connectivity index (χ1n) is 5.58. The van der Waals surface area contributed by atoms with Crippen LogP contribution in [-0.4, -0.2) is 28.4 Å². The van der Waals surface area contributed by atoms with Crippen LogP contribution in [0, 0.1) is 0 Å². The van der Waals surface area contributed by atoms with Crippen molar-refractivity contribution < 1.29 is 8.42 Å². The number of aromatic amines is 1. The van der Waals surface area contributed by atoms with Crippen molar-refractivity contribution >= 4 is 15.8 Å². The number of aryl methyl sites for hydroxylation is 2. The number of hydrogen-bond acceptors (Lipinski definition) is 4. The molecular formula is C10H15N5O2S. The van der Waals surface area contributed by atoms with Gasteiger partial charge in [0.15, 0.2) is 10.8 Å². The summed E-state index contributed by atoms with van der Waals surface area (Å²) in [6.07, 6.45) is 3.23. The van der Waals surface area contributed by atoms with Crippen molar-refractivity contribution in [2.24, 2.45) is 7.05 Å². The maximum absolute atomic E-state index is 12.0. The van der Waals surface area contributed by atoms with E-state index in [-0.39, 0.29) is 5.03 Å². The quantitative estimate of drug-likeness (QED) is 0.843. The minimum absolute atomic E-state index is 0.0996. The van der Waals surface area contributed by atoms with Gasteiger partial charge in [-0.15, -0.1) is 0 Å². The van der Waals surface area contributed by atoms with Gasteiger partial charge >= 0.3 is 0 Å². The van der Waals surface area contributed by atoms with Crippen LogP contribution in [0.1, 0.15) is 19.0 Å². The lowest BCUT2D eigenvalue weighted by molar-refractivity contribution is 0.582. The van der Waals surface area contributed by atoms with Crippen LogP contribution in [0.25, 0.3) is 0 Å². The van der Waals surface area contributed by atoms with E-state index in [0.717, 1.165) is 18.5 Å². The Morgan fingerprint density at radius 1 is 1.50 bits per heavy atom. The topological polar surface area (TPSA) is 92.7 Å². The number of rotatable bonds is 5. The Morgan fingerprint density at radius 3 is 2.89 bits per heavy atom. The van der Waals surface area contributed by atoms with Gasteiger partial charge in [0.25, 0.3) is 10.0 Å². The van der Waals surface area contributed by atoms with E-state index in [1.807, 2.05) is 6.92 Å². The van der Waals surface area contributed by atoms with E-state index in [1.54, 1.807) is 13.1 Å². The number of sulfonamides is 1. The third-order valence-electron chi connectivity index (χ3n) is 2.44. The molecule has 0 saturated heterocycles. The zero-order valence-electron chi connectivity index (χ0n) is 10.2. The first kappa shape index (κ1) is 12.6. The van der Waals surface area contributed by atoms with Gasteiger partial charge in [0.1, 0.15) is 0 Å². The summed E-state index contributed by atoms with van der Waals surface area (Å²) in [5, 5.41) is 10.6. The second kappa shape index (κ2) is 4.81. The molecule has 0 radical (unpaired) electrons. The third kappa shape index (κ3) is 2.53. The normalized spacial score (nSPS) is 11.7. The lowest BCUT2D eigenvalue weighted by Crippen LogP contribution is -2.16. The molecule has 2 N–H and O–H groups in total. The van der Waals surface area contributed by atoms with Crippen molar-refractivity contribution in [3.05, 3.63) is 24.0 Å². The molecule has 0 amide bonds. The summed E-state index contributed by atoms with van der Waals surface area (Å²) in [6.45, 7) is 2.04. The first-order valence-corrected chi connectivity index (χ1v) is 7.06. The van der Waals surface area contributed by atoms with Gasteiger partial charge in [-0.3, -0.25) is 14.5 Å². The number of nitrogens with one attached hydrogen (secondary N) is 2. The van der Waals surface area contributed by atoms with Gasteiger partial charge in [0.05, 0.1) is 6.20 Å². The van der Waals surface area contributed by atoms with Crippen LogP contribution in [0.5, 0.6) is 0 Å². The zero-order chi connectivity index (χ0) is 13.2. The molecule has 2 aromatic heterocycles. The fourth-order valence-corrected chi connectivity index (χ4v) is 2.75. The molecule has 0 unspecified atom stereocenters. The van der Waals surface area contributed by atoms with Crippen molar-refractivity contribution in [1.29, 1.82) is 0 Å². The molecule has 0 spiro atoms. The zero-order valence-corrected chi connectivity index (χ0v) is 11.0. The molecule has 0 fully saturated rings. The van der Waals surface area contributed by atoms with Crippen molar-refractivity contribution in [3.8, 4) is 0 Å². The Hall–Kier alpha value is -1.83. The fraction of sp³-hybridized carbons (Fsp3) is 0.400. The van der Waals surface area contributed by atoms with Gasteiger partial charge in [0, 0.05) is 18.8 Å². The molecule has 8 heteroatoms. The summed E-state index contributed by atoms with van der Waals surface area (Å²) in [6, 6.07) is 3.12. The monoisotopic (exact) mass is 269 g/mol. The van der Waals surface area contributed by atoms with Crippen LogP contribution in [-0.2, 0) is 23.5 Å². The minimum Gasteiger partial charge on any atom is -0.280 e. The van der Waals surface area contributed by atoms with E-state index in [0.29, 0.717) is 5.82 Å². The highest BCUT2D eigenvalue weighted by Crippen LogP contribution is 2.14. The maximum Gasteiger partial charge on any atom is 0.280 e. The molecule has 7 nitrogen and oxygen atoms in total. The van der Waals surface area contributed by atoms with E-state index in [4.69, 9.17) is 0 Å². The van der Waals surface area contributed by atoms with Crippen LogP contribution in [0.3, 0.4) is 0 Å². The number of H-pyrrole nitrogens is 1. The molecule has 2 aromatic rings. The SMILES string of the molecule is CCCc1cc(NS(=O)(=O)c2ccnn2C)n[nH]1. The Bertz CT molecular complexity index is 628. The predicted octanol–water partition coefficient (Wildman–Crippen LogP) is 0.896. The smallest absolute Gasteiger partial charge is 0.280 e. The van der Waals surface area contributed by atoms with Gasteiger partial charge in [0.2, 0.25) is 0 Å². The minimum atomic E-state index is -3.63. The second-order valence-corrected chi connectivity index (χ2v) is 5.56. The predicted molar refractivity (Wildman–Crippen MR) is 66.6 cm³/mol. The second-order valence-electron chi connectivity index (χ2n) is 3.93. The number of aromatic nitrogens is 4. The molecule has 2 rings (SSSR count). The molecule has 2 heterocycles. The first-order chi connectivity index (χ1) is 8.53. The van der Waals surface area contributed by atoms with E-state index >= 15 is 0 Å². The molecule has 0 saturated carbocycles. The highest BCUT2D eigenvalue weighted by Gasteiger charge is 2.19. The molecular weight excluding hydrogens is 254 g/mol. The number of nitrogens with zero attached hydrogens (tertiary/aromatic N) is 3. The standard InChI is InChI=1S/C10H15N5O2S/c1-3-4-8-7-9(13-12-8)14-18(16,17)10-5-6-11-15(10)2/h5-7H,3-4H2,1-2H3,(H2,12,13,14). The number of anilines is 1. The van der Waals surface area contributed by atoms with Crippen molar-refractivity contribution in [3.63, 3.8) is 0 Å². The van der Waals surface area contributed by atoms with Gasteiger partial charge in [-0.1, -0.05) is 13.3 Å². The lowest BCUT2D eigenvalue weighted by Gasteiger charge is -2.04. The Balaban J connectivity index is 2.20. The molecule has 0 aliphatic rings. The highest BCUT2D eigenvalue weighted by atomic mass is 32.2. The Labute approximate surface area is 105 Å². The average Bonchev–Trinajstić information content (AvgIpc) is 2.88. The van der Waals surface area contributed by atoms with Crippen LogP contribution < -0.4 is 4.72 Å². The highest BCUT2D eigenvalue weighted by molar-refractivity contribution is 7.92. The molecule has 0 aliphatic heterocycles. The van der Waals surface area contributed by atoms with Gasteiger partial charge in [-0.2, -0.15) is 18.6 Å². The average molecular weight is 269 g/mol. The Kier molecular flexibility index (Phi) is 3.37. The van der Waals surface area contributed by atoms with E-state index in [1.165, 1.54) is 16.9 Å². The van der Waals surface area contributed by atoms with E-state index in [9.17, 15) is 8.42 Å². The van der Waals surface area contributed by atoms with E-state index < -0.39 is 10.0 Å². The van der Waals surface area contributed by atoms with Crippen LogP contribution >= 0.6 is 0 Å². The molecule has 0 aromatic carbocycles. The molecule has 0 aliphatic carbocycles. The van der Waals surface area contributed by atoms with Crippen molar-refractivity contribution in [2.45, 2.75) is 24.8 Å². The molecule has 0 atom stereocenters. The molecule has 98 valence electrons. The summed E-state index contributed by atoms with van der Waals surface area (Å²) in [5.41, 5.74) is 0.903. The van der Waals surface area contributed by atoms with Crippen LogP contribution in [0.15, 0.2) is 23.4 Å². The summed E-state index contributed by atoms with van der Waals surface area (Å²) < 4.78 is 27.8. The van der Waals surface area contributed by atoms with Crippen LogP contribution in [0.2, 0.25) is 0 Å².